The lowest BCUT2D eigenvalue weighted by molar-refractivity contribution is -0.142. The molecule has 0 saturated carbocycles. The number of hydrogen-bond acceptors (Lipinski definition) is 4. The van der Waals surface area contributed by atoms with E-state index in [0.29, 0.717) is 26.4 Å². The molecule has 4 nitrogen and oxygen atoms in total. The molecule has 0 aliphatic rings. The zero-order valence-corrected chi connectivity index (χ0v) is 8.12. The van der Waals surface area contributed by atoms with Gasteiger partial charge in [0.25, 0.3) is 0 Å². The van der Waals surface area contributed by atoms with Gasteiger partial charge in [-0.1, -0.05) is 6.08 Å². The van der Waals surface area contributed by atoms with Crippen molar-refractivity contribution in [2.45, 2.75) is 13.8 Å². The molecule has 0 aromatic rings. The highest BCUT2D eigenvalue weighted by Gasteiger charge is 1.92. The van der Waals surface area contributed by atoms with Gasteiger partial charge in [-0.05, 0) is 6.92 Å². The standard InChI is InChI=1S/C9H16O4/c1-3-4-11-5-6-12-7-8-13-9(2)10/h3-4H,5-8H2,1-2H3. The van der Waals surface area contributed by atoms with Crippen LogP contribution in [-0.2, 0) is 19.0 Å². The van der Waals surface area contributed by atoms with E-state index in [4.69, 9.17) is 9.47 Å². The van der Waals surface area contributed by atoms with Crippen molar-refractivity contribution in [3.05, 3.63) is 12.3 Å². The van der Waals surface area contributed by atoms with Crippen molar-refractivity contribution >= 4 is 5.97 Å². The summed E-state index contributed by atoms with van der Waals surface area (Å²) < 4.78 is 14.7. The summed E-state index contributed by atoms with van der Waals surface area (Å²) in [7, 11) is 0. The lowest BCUT2D eigenvalue weighted by Gasteiger charge is -2.03. The molecule has 0 atom stereocenters. The first-order valence-corrected chi connectivity index (χ1v) is 4.21. The molecule has 0 rings (SSSR count). The molecule has 0 aliphatic carbocycles. The minimum absolute atomic E-state index is 0.284. The van der Waals surface area contributed by atoms with Gasteiger partial charge in [0.1, 0.15) is 13.2 Å². The predicted molar refractivity (Wildman–Crippen MR) is 48.2 cm³/mol. The Morgan fingerprint density at radius 1 is 1.23 bits per heavy atom. The second kappa shape index (κ2) is 9.06. The fourth-order valence-electron chi connectivity index (χ4n) is 0.618. The van der Waals surface area contributed by atoms with Gasteiger partial charge >= 0.3 is 5.97 Å². The Hall–Kier alpha value is -1.03. The van der Waals surface area contributed by atoms with Crippen molar-refractivity contribution in [2.24, 2.45) is 0 Å². The molecule has 0 unspecified atom stereocenters. The van der Waals surface area contributed by atoms with Crippen LogP contribution in [0.1, 0.15) is 13.8 Å². The minimum atomic E-state index is -0.284. The van der Waals surface area contributed by atoms with Gasteiger partial charge < -0.3 is 14.2 Å². The first kappa shape index (κ1) is 12.0. The van der Waals surface area contributed by atoms with Crippen LogP contribution in [0.25, 0.3) is 0 Å². The van der Waals surface area contributed by atoms with Crippen LogP contribution in [0.2, 0.25) is 0 Å². The third-order valence-corrected chi connectivity index (χ3v) is 1.11. The van der Waals surface area contributed by atoms with E-state index in [1.807, 2.05) is 6.92 Å². The maximum absolute atomic E-state index is 10.3. The summed E-state index contributed by atoms with van der Waals surface area (Å²) in [6.45, 7) is 4.99. The molecule has 0 spiro atoms. The van der Waals surface area contributed by atoms with E-state index in [-0.39, 0.29) is 5.97 Å². The quantitative estimate of drug-likeness (QED) is 0.341. The highest BCUT2D eigenvalue weighted by molar-refractivity contribution is 5.65. The van der Waals surface area contributed by atoms with E-state index < -0.39 is 0 Å². The molecule has 0 aromatic carbocycles. The Bertz CT molecular complexity index is 154. The Balaban J connectivity index is 2.95. The van der Waals surface area contributed by atoms with E-state index >= 15 is 0 Å². The average molecular weight is 188 g/mol. The zero-order valence-electron chi connectivity index (χ0n) is 8.12. The average Bonchev–Trinajstić information content (AvgIpc) is 2.09. The van der Waals surface area contributed by atoms with E-state index in [0.717, 1.165) is 0 Å². The molecule has 76 valence electrons. The van der Waals surface area contributed by atoms with Crippen LogP contribution >= 0.6 is 0 Å². The molecule has 0 heterocycles. The van der Waals surface area contributed by atoms with Crippen LogP contribution in [0.4, 0.5) is 0 Å². The summed E-state index contributed by atoms with van der Waals surface area (Å²) in [5.74, 6) is -0.284. The van der Waals surface area contributed by atoms with Gasteiger partial charge in [0, 0.05) is 6.92 Å². The van der Waals surface area contributed by atoms with Crippen molar-refractivity contribution in [3.8, 4) is 0 Å². The third-order valence-electron chi connectivity index (χ3n) is 1.11. The third kappa shape index (κ3) is 11.0. The SMILES string of the molecule is CC=COCCOCCOC(C)=O. The minimum Gasteiger partial charge on any atom is -0.499 e. The topological polar surface area (TPSA) is 44.8 Å². The molecule has 0 radical (unpaired) electrons. The van der Waals surface area contributed by atoms with Crippen molar-refractivity contribution in [2.75, 3.05) is 26.4 Å². The van der Waals surface area contributed by atoms with Crippen LogP contribution in [-0.4, -0.2) is 32.4 Å². The van der Waals surface area contributed by atoms with Gasteiger partial charge in [-0.2, -0.15) is 0 Å². The largest absolute Gasteiger partial charge is 0.499 e. The fourth-order valence-corrected chi connectivity index (χ4v) is 0.618. The number of hydrogen-bond donors (Lipinski definition) is 0. The molecule has 0 N–H and O–H groups in total. The smallest absolute Gasteiger partial charge is 0.302 e. The number of carbonyl (C=O) groups is 1. The monoisotopic (exact) mass is 188 g/mol. The molecular weight excluding hydrogens is 172 g/mol. The molecule has 0 amide bonds. The number of carbonyl (C=O) groups excluding carboxylic acids is 1. The van der Waals surface area contributed by atoms with Crippen molar-refractivity contribution in [1.82, 2.24) is 0 Å². The molecular formula is C9H16O4. The summed E-state index contributed by atoms with van der Waals surface area (Å²) in [5.41, 5.74) is 0. The summed E-state index contributed by atoms with van der Waals surface area (Å²) in [4.78, 5) is 10.3. The van der Waals surface area contributed by atoms with Crippen LogP contribution in [0, 0.1) is 0 Å². The first-order valence-electron chi connectivity index (χ1n) is 4.21. The molecule has 0 saturated heterocycles. The van der Waals surface area contributed by atoms with E-state index in [9.17, 15) is 4.79 Å². The van der Waals surface area contributed by atoms with Crippen LogP contribution in [0.15, 0.2) is 12.3 Å². The van der Waals surface area contributed by atoms with E-state index in [2.05, 4.69) is 4.74 Å². The summed E-state index contributed by atoms with van der Waals surface area (Å²) >= 11 is 0. The number of ether oxygens (including phenoxy) is 3. The van der Waals surface area contributed by atoms with Gasteiger partial charge in [0.15, 0.2) is 0 Å². The van der Waals surface area contributed by atoms with Gasteiger partial charge in [-0.15, -0.1) is 0 Å². The number of allylic oxidation sites excluding steroid dienone is 1. The maximum atomic E-state index is 10.3. The highest BCUT2D eigenvalue weighted by atomic mass is 16.6. The normalized spacial score (nSPS) is 10.3. The van der Waals surface area contributed by atoms with Gasteiger partial charge in [-0.25, -0.2) is 0 Å². The lowest BCUT2D eigenvalue weighted by atomic mass is 10.7. The predicted octanol–water partition coefficient (Wildman–Crippen LogP) is 1.12. The first-order chi connectivity index (χ1) is 6.27. The van der Waals surface area contributed by atoms with Gasteiger partial charge in [-0.3, -0.25) is 4.79 Å². The van der Waals surface area contributed by atoms with E-state index in [1.165, 1.54) is 6.92 Å². The molecule has 0 aliphatic heterocycles. The fraction of sp³-hybridized carbons (Fsp3) is 0.667. The van der Waals surface area contributed by atoms with Crippen LogP contribution in [0.5, 0.6) is 0 Å². The molecule has 0 bridgehead atoms. The molecule has 0 aromatic heterocycles. The zero-order chi connectivity index (χ0) is 9.94. The van der Waals surface area contributed by atoms with Crippen molar-refractivity contribution < 1.29 is 19.0 Å². The molecule has 13 heavy (non-hydrogen) atoms. The van der Waals surface area contributed by atoms with Crippen LogP contribution in [0.3, 0.4) is 0 Å². The number of rotatable bonds is 7. The second-order valence-corrected chi connectivity index (χ2v) is 2.29. The molecule has 0 fully saturated rings. The Labute approximate surface area is 78.5 Å². The van der Waals surface area contributed by atoms with Crippen LogP contribution < -0.4 is 0 Å². The maximum Gasteiger partial charge on any atom is 0.302 e. The van der Waals surface area contributed by atoms with E-state index in [1.54, 1.807) is 12.3 Å². The second-order valence-electron chi connectivity index (χ2n) is 2.29. The Morgan fingerprint density at radius 2 is 1.92 bits per heavy atom. The Morgan fingerprint density at radius 3 is 2.54 bits per heavy atom. The lowest BCUT2D eigenvalue weighted by Crippen LogP contribution is -2.10. The molecule has 4 heteroatoms. The van der Waals surface area contributed by atoms with Crippen molar-refractivity contribution in [3.63, 3.8) is 0 Å². The van der Waals surface area contributed by atoms with Gasteiger partial charge in [0.05, 0.1) is 19.5 Å². The Kier molecular flexibility index (Phi) is 8.34. The highest BCUT2D eigenvalue weighted by Crippen LogP contribution is 1.82. The van der Waals surface area contributed by atoms with Crippen molar-refractivity contribution in [1.29, 1.82) is 0 Å². The summed E-state index contributed by atoms with van der Waals surface area (Å²) in [6, 6.07) is 0. The number of esters is 1. The summed E-state index contributed by atoms with van der Waals surface area (Å²) in [6.07, 6.45) is 3.41. The van der Waals surface area contributed by atoms with Gasteiger partial charge in [0.2, 0.25) is 0 Å². The summed E-state index contributed by atoms with van der Waals surface area (Å²) in [5, 5.41) is 0.